The normalized spacial score (nSPS) is 26.0. The van der Waals surface area contributed by atoms with E-state index < -0.39 is 5.97 Å². The second-order valence-electron chi connectivity index (χ2n) is 6.45. The molecular weight excluding hydrogens is 268 g/mol. The predicted molar refractivity (Wildman–Crippen MR) is 80.7 cm³/mol. The van der Waals surface area contributed by atoms with Crippen molar-refractivity contribution in [2.24, 2.45) is 11.8 Å². The molecule has 116 valence electrons. The average molecular weight is 292 g/mol. The zero-order valence-corrected chi connectivity index (χ0v) is 13.4. The number of aromatic nitrogens is 1. The number of aryl methyl sites for hydroxylation is 1. The fraction of sp³-hybridized carbons (Fsp3) is 0.625. The van der Waals surface area contributed by atoms with Crippen LogP contribution in [0.4, 0.5) is 0 Å². The van der Waals surface area contributed by atoms with Gasteiger partial charge in [0, 0.05) is 18.3 Å². The van der Waals surface area contributed by atoms with E-state index >= 15 is 0 Å². The third-order valence-electron chi connectivity index (χ3n) is 4.72. The molecule has 1 fully saturated rings. The second kappa shape index (κ2) is 5.54. The second-order valence-corrected chi connectivity index (χ2v) is 6.45. The van der Waals surface area contributed by atoms with E-state index in [1.165, 1.54) is 0 Å². The third-order valence-corrected chi connectivity index (χ3v) is 4.72. The van der Waals surface area contributed by atoms with Crippen molar-refractivity contribution in [1.29, 1.82) is 0 Å². The standard InChI is InChI=1S/C16H24N2O3/c1-8-6-9(2)12(5)18(7-8)15(19)13-10(3)14(16(20)21)17-11(13)4/h8-9,12,17H,6-7H2,1-5H3,(H,20,21). The van der Waals surface area contributed by atoms with E-state index in [4.69, 9.17) is 0 Å². The Bertz CT molecular complexity index is 576. The molecule has 0 spiro atoms. The summed E-state index contributed by atoms with van der Waals surface area (Å²) < 4.78 is 0. The molecule has 1 aromatic heterocycles. The van der Waals surface area contributed by atoms with E-state index in [0.29, 0.717) is 28.7 Å². The van der Waals surface area contributed by atoms with Gasteiger partial charge in [0.1, 0.15) is 5.69 Å². The van der Waals surface area contributed by atoms with E-state index in [-0.39, 0.29) is 17.6 Å². The molecule has 5 nitrogen and oxygen atoms in total. The van der Waals surface area contributed by atoms with Gasteiger partial charge in [0.15, 0.2) is 0 Å². The van der Waals surface area contributed by atoms with Crippen LogP contribution in [0.25, 0.3) is 0 Å². The maximum absolute atomic E-state index is 12.9. The fourth-order valence-corrected chi connectivity index (χ4v) is 3.41. The summed E-state index contributed by atoms with van der Waals surface area (Å²) in [5.74, 6) is -0.155. The van der Waals surface area contributed by atoms with Crippen molar-refractivity contribution in [3.63, 3.8) is 0 Å². The smallest absolute Gasteiger partial charge is 0.352 e. The minimum Gasteiger partial charge on any atom is -0.477 e. The number of aromatic carboxylic acids is 1. The molecule has 5 heteroatoms. The Balaban J connectivity index is 2.38. The highest BCUT2D eigenvalue weighted by Gasteiger charge is 2.34. The van der Waals surface area contributed by atoms with Crippen molar-refractivity contribution in [1.82, 2.24) is 9.88 Å². The number of H-pyrrole nitrogens is 1. The van der Waals surface area contributed by atoms with Crippen LogP contribution in [0.1, 0.15) is 59.3 Å². The van der Waals surface area contributed by atoms with Crippen LogP contribution in [-0.4, -0.2) is 39.5 Å². The van der Waals surface area contributed by atoms with Crippen molar-refractivity contribution in [2.45, 2.75) is 47.1 Å². The number of likely N-dealkylation sites (tertiary alicyclic amines) is 1. The van der Waals surface area contributed by atoms with E-state index in [9.17, 15) is 14.7 Å². The van der Waals surface area contributed by atoms with Crippen LogP contribution in [0, 0.1) is 25.7 Å². The van der Waals surface area contributed by atoms with E-state index in [1.54, 1.807) is 13.8 Å². The quantitative estimate of drug-likeness (QED) is 0.880. The molecule has 1 aliphatic heterocycles. The van der Waals surface area contributed by atoms with Gasteiger partial charge in [-0.2, -0.15) is 0 Å². The molecule has 1 amide bonds. The number of carbonyl (C=O) groups excluding carboxylic acids is 1. The van der Waals surface area contributed by atoms with Gasteiger partial charge in [-0.1, -0.05) is 13.8 Å². The van der Waals surface area contributed by atoms with Gasteiger partial charge >= 0.3 is 5.97 Å². The predicted octanol–water partition coefficient (Wildman–Crippen LogP) is 2.84. The highest BCUT2D eigenvalue weighted by atomic mass is 16.4. The first-order valence-electron chi connectivity index (χ1n) is 7.47. The van der Waals surface area contributed by atoms with Crippen LogP contribution in [0.3, 0.4) is 0 Å². The number of nitrogens with zero attached hydrogens (tertiary/aromatic N) is 1. The van der Waals surface area contributed by atoms with Gasteiger partial charge in [0.05, 0.1) is 5.56 Å². The zero-order chi connectivity index (χ0) is 15.9. The van der Waals surface area contributed by atoms with Gasteiger partial charge < -0.3 is 15.0 Å². The number of carbonyl (C=O) groups is 2. The van der Waals surface area contributed by atoms with Crippen LogP contribution in [-0.2, 0) is 0 Å². The SMILES string of the molecule is Cc1[nH]c(C(=O)O)c(C)c1C(=O)N1CC(C)CC(C)C1C. The third kappa shape index (κ3) is 2.69. The number of hydrogen-bond donors (Lipinski definition) is 2. The summed E-state index contributed by atoms with van der Waals surface area (Å²) in [6, 6.07) is 0.177. The van der Waals surface area contributed by atoms with Crippen LogP contribution < -0.4 is 0 Å². The van der Waals surface area contributed by atoms with Crippen molar-refractivity contribution in [3.05, 3.63) is 22.5 Å². The Kier molecular flexibility index (Phi) is 4.12. The molecule has 2 heterocycles. The number of hydrogen-bond acceptors (Lipinski definition) is 2. The zero-order valence-electron chi connectivity index (χ0n) is 13.4. The van der Waals surface area contributed by atoms with Crippen molar-refractivity contribution in [2.75, 3.05) is 6.54 Å². The molecular formula is C16H24N2O3. The number of carboxylic acid groups (broad SMARTS) is 1. The molecule has 0 bridgehead atoms. The van der Waals surface area contributed by atoms with Crippen LogP contribution in [0.15, 0.2) is 0 Å². The summed E-state index contributed by atoms with van der Waals surface area (Å²) in [5, 5.41) is 9.18. The molecule has 2 N–H and O–H groups in total. The number of amides is 1. The summed E-state index contributed by atoms with van der Waals surface area (Å²) in [6.45, 7) is 10.6. The first-order valence-corrected chi connectivity index (χ1v) is 7.47. The first-order chi connectivity index (χ1) is 9.73. The summed E-state index contributed by atoms with van der Waals surface area (Å²) in [7, 11) is 0. The minimum atomic E-state index is -1.02. The van der Waals surface area contributed by atoms with Crippen molar-refractivity contribution < 1.29 is 14.7 Å². The highest BCUT2D eigenvalue weighted by molar-refractivity contribution is 6.01. The lowest BCUT2D eigenvalue weighted by molar-refractivity contribution is 0.0454. The van der Waals surface area contributed by atoms with Gasteiger partial charge in [-0.15, -0.1) is 0 Å². The number of nitrogens with one attached hydrogen (secondary N) is 1. The largest absolute Gasteiger partial charge is 0.477 e. The Labute approximate surface area is 125 Å². The summed E-state index contributed by atoms with van der Waals surface area (Å²) in [4.78, 5) is 28.8. The number of rotatable bonds is 2. The van der Waals surface area contributed by atoms with Gasteiger partial charge in [-0.3, -0.25) is 4.79 Å². The van der Waals surface area contributed by atoms with Gasteiger partial charge in [0.25, 0.3) is 5.91 Å². The molecule has 0 aliphatic carbocycles. The van der Waals surface area contributed by atoms with Gasteiger partial charge in [-0.05, 0) is 44.6 Å². The molecule has 0 aromatic carbocycles. The maximum atomic E-state index is 12.9. The number of carboxylic acids is 1. The molecule has 3 unspecified atom stereocenters. The Morgan fingerprint density at radius 3 is 2.38 bits per heavy atom. The molecule has 1 aromatic rings. The molecule has 0 saturated carbocycles. The monoisotopic (exact) mass is 292 g/mol. The van der Waals surface area contributed by atoms with Crippen LogP contribution in [0.2, 0.25) is 0 Å². The number of piperidine rings is 1. The highest BCUT2D eigenvalue weighted by Crippen LogP contribution is 2.30. The molecule has 0 radical (unpaired) electrons. The summed E-state index contributed by atoms with van der Waals surface area (Å²) in [5.41, 5.74) is 1.79. The fourth-order valence-electron chi connectivity index (χ4n) is 3.41. The Hall–Kier alpha value is -1.78. The van der Waals surface area contributed by atoms with Crippen molar-refractivity contribution in [3.8, 4) is 0 Å². The van der Waals surface area contributed by atoms with Gasteiger partial charge in [-0.25, -0.2) is 4.79 Å². The summed E-state index contributed by atoms with van der Waals surface area (Å²) in [6.07, 6.45) is 1.12. The lowest BCUT2D eigenvalue weighted by Crippen LogP contribution is -2.49. The van der Waals surface area contributed by atoms with E-state index in [1.807, 2.05) is 4.90 Å². The molecule has 21 heavy (non-hydrogen) atoms. The van der Waals surface area contributed by atoms with Gasteiger partial charge in [0.2, 0.25) is 0 Å². The first kappa shape index (κ1) is 15.6. The van der Waals surface area contributed by atoms with Crippen LogP contribution >= 0.6 is 0 Å². The van der Waals surface area contributed by atoms with Crippen LogP contribution in [0.5, 0.6) is 0 Å². The lowest BCUT2D eigenvalue weighted by Gasteiger charge is -2.41. The minimum absolute atomic E-state index is 0.0559. The van der Waals surface area contributed by atoms with E-state index in [0.717, 1.165) is 13.0 Å². The topological polar surface area (TPSA) is 73.4 Å². The Morgan fingerprint density at radius 2 is 1.86 bits per heavy atom. The maximum Gasteiger partial charge on any atom is 0.352 e. The molecule has 1 saturated heterocycles. The lowest BCUT2D eigenvalue weighted by atomic mass is 9.85. The molecule has 3 atom stereocenters. The number of aromatic amines is 1. The summed E-state index contributed by atoms with van der Waals surface area (Å²) >= 11 is 0. The molecule has 2 rings (SSSR count). The van der Waals surface area contributed by atoms with E-state index in [2.05, 4.69) is 25.8 Å². The molecule has 1 aliphatic rings. The Morgan fingerprint density at radius 1 is 1.24 bits per heavy atom. The van der Waals surface area contributed by atoms with Crippen molar-refractivity contribution >= 4 is 11.9 Å². The average Bonchev–Trinajstić information content (AvgIpc) is 2.68.